The highest BCUT2D eigenvalue weighted by Crippen LogP contribution is 2.12. The maximum Gasteiger partial charge on any atom is 0.120 e. The maximum absolute atomic E-state index is 12.6. The van der Waals surface area contributed by atoms with E-state index in [0.29, 0.717) is 0 Å². The summed E-state index contributed by atoms with van der Waals surface area (Å²) in [5, 5.41) is 0. The van der Waals surface area contributed by atoms with Crippen LogP contribution in [0.2, 0.25) is 0 Å². The molecule has 0 radical (unpaired) electrons. The Bertz CT molecular complexity index is 323. The van der Waals surface area contributed by atoms with Gasteiger partial charge >= 0.3 is 0 Å². The lowest BCUT2D eigenvalue weighted by atomic mass is 10.2. The van der Waals surface area contributed by atoms with Gasteiger partial charge in [0.15, 0.2) is 0 Å². The number of ether oxygens (including phenoxy) is 1. The Morgan fingerprint density at radius 2 is 2.36 bits per heavy atom. The third-order valence-corrected chi connectivity index (χ3v) is 1.74. The van der Waals surface area contributed by atoms with E-state index in [-0.39, 0.29) is 19.0 Å². The number of aryl methyl sites for hydroxylation is 1. The Balaban J connectivity index is 2.46. The second kappa shape index (κ2) is 5.40. The molecule has 14 heavy (non-hydrogen) atoms. The van der Waals surface area contributed by atoms with Gasteiger partial charge in [-0.05, 0) is 30.7 Å². The van der Waals surface area contributed by atoms with E-state index in [1.807, 2.05) is 31.2 Å². The molecular formula is C11H14FNO. The number of halogens is 1. The summed E-state index contributed by atoms with van der Waals surface area (Å²) in [6.45, 7) is 2.12. The van der Waals surface area contributed by atoms with Gasteiger partial charge < -0.3 is 10.5 Å². The second-order valence-corrected chi connectivity index (χ2v) is 2.98. The number of hydrogen-bond acceptors (Lipinski definition) is 2. The monoisotopic (exact) mass is 195 g/mol. The molecule has 0 spiro atoms. The molecule has 0 fully saturated rings. The molecule has 0 atom stereocenters. The predicted octanol–water partition coefficient (Wildman–Crippen LogP) is 2.19. The first-order valence-electron chi connectivity index (χ1n) is 4.46. The van der Waals surface area contributed by atoms with Crippen LogP contribution >= 0.6 is 0 Å². The minimum atomic E-state index is -0.349. The van der Waals surface area contributed by atoms with Gasteiger partial charge in [0.05, 0.1) is 0 Å². The summed E-state index contributed by atoms with van der Waals surface area (Å²) in [5.74, 6) is 0.392. The van der Waals surface area contributed by atoms with Gasteiger partial charge in [-0.2, -0.15) is 0 Å². The van der Waals surface area contributed by atoms with Gasteiger partial charge in [0, 0.05) is 6.54 Å². The average molecular weight is 195 g/mol. The molecule has 2 N–H and O–H groups in total. The van der Waals surface area contributed by atoms with Crippen LogP contribution in [0.4, 0.5) is 4.39 Å². The van der Waals surface area contributed by atoms with Gasteiger partial charge in [-0.3, -0.25) is 0 Å². The first-order valence-corrected chi connectivity index (χ1v) is 4.46. The van der Waals surface area contributed by atoms with Gasteiger partial charge in [-0.15, -0.1) is 0 Å². The summed E-state index contributed by atoms with van der Waals surface area (Å²) >= 11 is 0. The van der Waals surface area contributed by atoms with Gasteiger partial charge in [0.25, 0.3) is 0 Å². The van der Waals surface area contributed by atoms with Crippen LogP contribution in [0.5, 0.6) is 5.75 Å². The van der Waals surface area contributed by atoms with Gasteiger partial charge in [0.1, 0.15) is 18.2 Å². The number of benzene rings is 1. The zero-order chi connectivity index (χ0) is 10.4. The Morgan fingerprint density at radius 3 is 3.00 bits per heavy atom. The quantitative estimate of drug-likeness (QED) is 0.799. The molecule has 0 saturated heterocycles. The summed E-state index contributed by atoms with van der Waals surface area (Å²) in [7, 11) is 0. The summed E-state index contributed by atoms with van der Waals surface area (Å²) in [6, 6.07) is 7.60. The summed E-state index contributed by atoms with van der Waals surface area (Å²) in [4.78, 5) is 0. The molecule has 0 aromatic heterocycles. The molecule has 1 aromatic rings. The van der Waals surface area contributed by atoms with E-state index in [9.17, 15) is 4.39 Å². The minimum absolute atomic E-state index is 0.0722. The summed E-state index contributed by atoms with van der Waals surface area (Å²) < 4.78 is 17.9. The van der Waals surface area contributed by atoms with Gasteiger partial charge in [-0.25, -0.2) is 4.39 Å². The smallest absolute Gasteiger partial charge is 0.120 e. The van der Waals surface area contributed by atoms with Crippen molar-refractivity contribution in [1.82, 2.24) is 0 Å². The third-order valence-electron chi connectivity index (χ3n) is 1.74. The molecule has 0 unspecified atom stereocenters. The number of rotatable bonds is 4. The third kappa shape index (κ3) is 3.58. The topological polar surface area (TPSA) is 35.2 Å². The van der Waals surface area contributed by atoms with Crippen LogP contribution < -0.4 is 10.5 Å². The van der Waals surface area contributed by atoms with Gasteiger partial charge in [-0.1, -0.05) is 12.1 Å². The Hall–Kier alpha value is -1.35. The minimum Gasteiger partial charge on any atom is -0.489 e. The molecule has 1 aromatic carbocycles. The van der Waals surface area contributed by atoms with Crippen LogP contribution in [0.1, 0.15) is 5.56 Å². The normalized spacial score (nSPS) is 11.5. The van der Waals surface area contributed by atoms with Crippen molar-refractivity contribution in [3.8, 4) is 5.75 Å². The molecule has 0 aliphatic heterocycles. The highest BCUT2D eigenvalue weighted by molar-refractivity contribution is 5.27. The fourth-order valence-electron chi connectivity index (χ4n) is 1.02. The van der Waals surface area contributed by atoms with E-state index >= 15 is 0 Å². The molecule has 1 rings (SSSR count). The van der Waals surface area contributed by atoms with E-state index in [4.69, 9.17) is 10.5 Å². The molecule has 0 amide bonds. The molecule has 0 bridgehead atoms. The fraction of sp³-hybridized carbons (Fsp3) is 0.273. The van der Waals surface area contributed by atoms with Crippen LogP contribution in [0, 0.1) is 6.92 Å². The maximum atomic E-state index is 12.6. The van der Waals surface area contributed by atoms with Crippen LogP contribution in [-0.2, 0) is 0 Å². The Labute approximate surface area is 83.2 Å². The van der Waals surface area contributed by atoms with E-state index in [1.165, 1.54) is 6.08 Å². The zero-order valence-corrected chi connectivity index (χ0v) is 8.16. The highest BCUT2D eigenvalue weighted by atomic mass is 19.1. The first kappa shape index (κ1) is 10.7. The van der Waals surface area contributed by atoms with Crippen LogP contribution in [0.25, 0.3) is 0 Å². The molecule has 2 nitrogen and oxygen atoms in total. The molecule has 0 heterocycles. The highest BCUT2D eigenvalue weighted by Gasteiger charge is 1.93. The molecule has 0 aliphatic carbocycles. The van der Waals surface area contributed by atoms with Crippen LogP contribution in [0.15, 0.2) is 36.2 Å². The summed E-state index contributed by atoms with van der Waals surface area (Å²) in [6.07, 6.45) is 1.34. The van der Waals surface area contributed by atoms with Crippen molar-refractivity contribution in [1.29, 1.82) is 0 Å². The average Bonchev–Trinajstić information content (AvgIpc) is 2.17. The fourth-order valence-corrected chi connectivity index (χ4v) is 1.02. The zero-order valence-electron chi connectivity index (χ0n) is 8.16. The molecule has 76 valence electrons. The lowest BCUT2D eigenvalue weighted by Crippen LogP contribution is -2.01. The van der Waals surface area contributed by atoms with E-state index < -0.39 is 0 Å². The molecular weight excluding hydrogens is 181 g/mol. The number of hydrogen-bond donors (Lipinski definition) is 1. The van der Waals surface area contributed by atoms with Crippen LogP contribution in [0.3, 0.4) is 0 Å². The van der Waals surface area contributed by atoms with Crippen molar-refractivity contribution in [2.45, 2.75) is 6.92 Å². The number of nitrogens with two attached hydrogens (primary N) is 1. The van der Waals surface area contributed by atoms with Crippen molar-refractivity contribution in [3.63, 3.8) is 0 Å². The SMILES string of the molecule is Cc1cccc(OCC=C(F)CN)c1. The van der Waals surface area contributed by atoms with Crippen molar-refractivity contribution >= 4 is 0 Å². The lowest BCUT2D eigenvalue weighted by Gasteiger charge is -2.03. The Morgan fingerprint density at radius 1 is 1.57 bits per heavy atom. The van der Waals surface area contributed by atoms with E-state index in [2.05, 4.69) is 0 Å². The Kier molecular flexibility index (Phi) is 4.13. The second-order valence-electron chi connectivity index (χ2n) is 2.98. The standard InChI is InChI=1S/C11H14FNO/c1-9-3-2-4-11(7-9)14-6-5-10(12)8-13/h2-5,7H,6,8,13H2,1H3. The predicted molar refractivity (Wildman–Crippen MR) is 54.9 cm³/mol. The van der Waals surface area contributed by atoms with E-state index in [0.717, 1.165) is 11.3 Å². The van der Waals surface area contributed by atoms with Gasteiger partial charge in [0.2, 0.25) is 0 Å². The van der Waals surface area contributed by atoms with Crippen molar-refractivity contribution < 1.29 is 9.13 Å². The molecule has 0 saturated carbocycles. The lowest BCUT2D eigenvalue weighted by molar-refractivity contribution is 0.358. The van der Waals surface area contributed by atoms with Crippen LogP contribution in [-0.4, -0.2) is 13.2 Å². The molecule has 3 heteroatoms. The van der Waals surface area contributed by atoms with Crippen molar-refractivity contribution in [2.24, 2.45) is 5.73 Å². The van der Waals surface area contributed by atoms with E-state index in [1.54, 1.807) is 0 Å². The largest absolute Gasteiger partial charge is 0.489 e. The summed E-state index contributed by atoms with van der Waals surface area (Å²) in [5.41, 5.74) is 6.19. The first-order chi connectivity index (χ1) is 6.72. The van der Waals surface area contributed by atoms with Crippen molar-refractivity contribution in [3.05, 3.63) is 41.7 Å². The van der Waals surface area contributed by atoms with Crippen molar-refractivity contribution in [2.75, 3.05) is 13.2 Å². The molecule has 0 aliphatic rings.